The molecule has 1 N–H and O–H groups in total. The predicted molar refractivity (Wildman–Crippen MR) is 201 cm³/mol. The zero-order valence-electron chi connectivity index (χ0n) is 32.2. The van der Waals surface area contributed by atoms with Crippen molar-refractivity contribution >= 4 is 19.8 Å². The lowest BCUT2D eigenvalue weighted by Crippen LogP contribution is -2.37. The van der Waals surface area contributed by atoms with Gasteiger partial charge < -0.3 is 18.9 Å². The van der Waals surface area contributed by atoms with Gasteiger partial charge in [0.15, 0.2) is 6.10 Å². The summed E-state index contributed by atoms with van der Waals surface area (Å²) in [4.78, 5) is 35.2. The molecule has 0 spiro atoms. The van der Waals surface area contributed by atoms with Gasteiger partial charge in [-0.3, -0.25) is 18.6 Å². The van der Waals surface area contributed by atoms with E-state index in [1.54, 1.807) is 0 Å². The van der Waals surface area contributed by atoms with Crippen molar-refractivity contribution in [1.82, 2.24) is 0 Å². The highest BCUT2D eigenvalue weighted by Gasteiger charge is 2.27. The van der Waals surface area contributed by atoms with Gasteiger partial charge in [0.05, 0.1) is 27.7 Å². The summed E-state index contributed by atoms with van der Waals surface area (Å²) >= 11 is 0. The highest BCUT2D eigenvalue weighted by molar-refractivity contribution is 7.47. The average Bonchev–Trinajstić information content (AvgIpc) is 3.04. The number of carbonyl (C=O) groups is 2. The standard InChI is InChI=1S/C39H74NO8P/c1-6-8-10-12-14-16-18-20-22-24-26-28-30-32-39(42)48-37(36-47-49(43,44)46-34-33-40(3,4)5)35-45-38(41)31-29-27-25-23-21-19-17-15-13-11-9-7-2/h15-18,37H,6-14,19-36H2,1-5H3/p+1/b17-15-,18-16-. The number of allylic oxidation sites excluding steroid dienone is 4. The van der Waals surface area contributed by atoms with E-state index in [1.165, 1.54) is 57.8 Å². The molecule has 10 heteroatoms. The van der Waals surface area contributed by atoms with E-state index < -0.39 is 26.5 Å². The lowest BCUT2D eigenvalue weighted by molar-refractivity contribution is -0.870. The Morgan fingerprint density at radius 3 is 1.55 bits per heavy atom. The van der Waals surface area contributed by atoms with Gasteiger partial charge in [0.2, 0.25) is 0 Å². The van der Waals surface area contributed by atoms with Crippen LogP contribution in [0.3, 0.4) is 0 Å². The van der Waals surface area contributed by atoms with Crippen molar-refractivity contribution < 1.29 is 42.1 Å². The number of ether oxygens (including phenoxy) is 2. The van der Waals surface area contributed by atoms with Gasteiger partial charge in [-0.25, -0.2) is 4.57 Å². The van der Waals surface area contributed by atoms with Crippen LogP contribution in [0.25, 0.3) is 0 Å². The third-order valence-corrected chi connectivity index (χ3v) is 9.19. The van der Waals surface area contributed by atoms with Crippen LogP contribution in [0, 0.1) is 0 Å². The second kappa shape index (κ2) is 32.4. The summed E-state index contributed by atoms with van der Waals surface area (Å²) in [5, 5.41) is 0. The summed E-state index contributed by atoms with van der Waals surface area (Å²) in [5.41, 5.74) is 0. The third kappa shape index (κ3) is 36.1. The van der Waals surface area contributed by atoms with Crippen molar-refractivity contribution in [2.45, 2.75) is 168 Å². The molecule has 0 bridgehead atoms. The Kier molecular flexibility index (Phi) is 31.4. The van der Waals surface area contributed by atoms with Crippen LogP contribution in [0.2, 0.25) is 0 Å². The first kappa shape index (κ1) is 47.5. The molecule has 288 valence electrons. The third-order valence-electron chi connectivity index (χ3n) is 8.20. The molecule has 0 heterocycles. The molecule has 49 heavy (non-hydrogen) atoms. The Balaban J connectivity index is 4.46. The molecule has 0 aromatic heterocycles. The van der Waals surface area contributed by atoms with Crippen LogP contribution in [-0.4, -0.2) is 74.9 Å². The first-order valence-corrected chi connectivity index (χ1v) is 21.1. The highest BCUT2D eigenvalue weighted by Crippen LogP contribution is 2.43. The molecule has 0 fully saturated rings. The van der Waals surface area contributed by atoms with E-state index in [2.05, 4.69) is 38.2 Å². The van der Waals surface area contributed by atoms with Crippen LogP contribution < -0.4 is 0 Å². The number of phosphoric ester groups is 1. The first-order valence-electron chi connectivity index (χ1n) is 19.6. The van der Waals surface area contributed by atoms with E-state index in [4.69, 9.17) is 18.5 Å². The van der Waals surface area contributed by atoms with Gasteiger partial charge >= 0.3 is 19.8 Å². The van der Waals surface area contributed by atoms with Crippen LogP contribution in [0.5, 0.6) is 0 Å². The monoisotopic (exact) mass is 717 g/mol. The van der Waals surface area contributed by atoms with Crippen molar-refractivity contribution in [3.8, 4) is 0 Å². The zero-order valence-corrected chi connectivity index (χ0v) is 33.1. The summed E-state index contributed by atoms with van der Waals surface area (Å²) in [7, 11) is 1.47. The van der Waals surface area contributed by atoms with E-state index in [0.29, 0.717) is 17.4 Å². The van der Waals surface area contributed by atoms with E-state index in [1.807, 2.05) is 21.1 Å². The fraction of sp³-hybridized carbons (Fsp3) is 0.846. The number of unbranched alkanes of at least 4 members (excludes halogenated alkanes) is 17. The fourth-order valence-electron chi connectivity index (χ4n) is 5.06. The highest BCUT2D eigenvalue weighted by atomic mass is 31.2. The van der Waals surface area contributed by atoms with Crippen LogP contribution >= 0.6 is 7.82 Å². The molecule has 0 aromatic rings. The number of rotatable bonds is 35. The molecule has 0 saturated carbocycles. The Labute approximate surface area is 300 Å². The second-order valence-corrected chi connectivity index (χ2v) is 15.8. The minimum absolute atomic E-state index is 0.0296. The predicted octanol–water partition coefficient (Wildman–Crippen LogP) is 10.4. The molecule has 2 unspecified atom stereocenters. The van der Waals surface area contributed by atoms with Gasteiger partial charge in [0.25, 0.3) is 0 Å². The number of hydrogen-bond donors (Lipinski definition) is 1. The maximum absolute atomic E-state index is 12.6. The molecule has 9 nitrogen and oxygen atoms in total. The van der Waals surface area contributed by atoms with Gasteiger partial charge in [0, 0.05) is 12.8 Å². The van der Waals surface area contributed by atoms with E-state index >= 15 is 0 Å². The number of likely N-dealkylation sites (N-methyl/N-ethyl adjacent to an activating group) is 1. The number of esters is 2. The topological polar surface area (TPSA) is 108 Å². The van der Waals surface area contributed by atoms with E-state index in [9.17, 15) is 19.0 Å². The van der Waals surface area contributed by atoms with E-state index in [-0.39, 0.29) is 32.0 Å². The largest absolute Gasteiger partial charge is 0.472 e. The van der Waals surface area contributed by atoms with Crippen molar-refractivity contribution in [3.05, 3.63) is 24.3 Å². The lowest BCUT2D eigenvalue weighted by atomic mass is 10.1. The molecule has 0 rings (SSSR count). The number of nitrogens with zero attached hydrogens (tertiary/aromatic N) is 1. The number of carbonyl (C=O) groups excluding carboxylic acids is 2. The van der Waals surface area contributed by atoms with Crippen molar-refractivity contribution in [2.75, 3.05) is 47.5 Å². The smallest absolute Gasteiger partial charge is 0.462 e. The van der Waals surface area contributed by atoms with Crippen molar-refractivity contribution in [2.24, 2.45) is 0 Å². The molecule has 0 aromatic carbocycles. The molecule has 0 amide bonds. The minimum atomic E-state index is -4.37. The summed E-state index contributed by atoms with van der Waals surface area (Å²) in [6.07, 6.45) is 32.2. The van der Waals surface area contributed by atoms with Crippen molar-refractivity contribution in [3.63, 3.8) is 0 Å². The number of quaternary nitrogens is 1. The van der Waals surface area contributed by atoms with Gasteiger partial charge in [-0.2, -0.15) is 0 Å². The van der Waals surface area contributed by atoms with Crippen LogP contribution in [0.15, 0.2) is 24.3 Å². The average molecular weight is 717 g/mol. The van der Waals surface area contributed by atoms with Crippen LogP contribution in [-0.2, 0) is 32.7 Å². The maximum atomic E-state index is 12.6. The molecular weight excluding hydrogens is 641 g/mol. The Morgan fingerprint density at radius 2 is 1.04 bits per heavy atom. The molecule has 0 aliphatic heterocycles. The van der Waals surface area contributed by atoms with Crippen LogP contribution in [0.1, 0.15) is 162 Å². The second-order valence-electron chi connectivity index (χ2n) is 14.3. The minimum Gasteiger partial charge on any atom is -0.462 e. The summed E-state index contributed by atoms with van der Waals surface area (Å²) in [6.45, 7) is 4.35. The van der Waals surface area contributed by atoms with Crippen LogP contribution in [0.4, 0.5) is 0 Å². The lowest BCUT2D eigenvalue weighted by Gasteiger charge is -2.24. The molecule has 2 atom stereocenters. The van der Waals surface area contributed by atoms with Gasteiger partial charge in [-0.05, 0) is 64.2 Å². The SMILES string of the molecule is CCCCC/C=C\CCCCCCCC(=O)OCC(COP(=O)(O)OCC[N+](C)(C)C)OC(=O)CCCCCCC/C=C\CCCCCC. The molecule has 0 saturated heterocycles. The summed E-state index contributed by atoms with van der Waals surface area (Å²) in [5.74, 6) is -0.820. The Bertz CT molecular complexity index is 902. The summed E-state index contributed by atoms with van der Waals surface area (Å²) in [6, 6.07) is 0. The maximum Gasteiger partial charge on any atom is 0.472 e. The molecular formula is C39H75NO8P+. The first-order chi connectivity index (χ1) is 23.5. The Hall–Kier alpha value is -1.51. The molecule has 0 aliphatic carbocycles. The number of hydrogen-bond acceptors (Lipinski definition) is 7. The molecule has 0 aliphatic rings. The van der Waals surface area contributed by atoms with Gasteiger partial charge in [-0.15, -0.1) is 0 Å². The van der Waals surface area contributed by atoms with Gasteiger partial charge in [-0.1, -0.05) is 109 Å². The summed E-state index contributed by atoms with van der Waals surface area (Å²) < 4.78 is 34.1. The zero-order chi connectivity index (χ0) is 36.5. The van der Waals surface area contributed by atoms with Gasteiger partial charge in [0.1, 0.15) is 19.8 Å². The van der Waals surface area contributed by atoms with Crippen molar-refractivity contribution in [1.29, 1.82) is 0 Å². The number of phosphoric acid groups is 1. The quantitative estimate of drug-likeness (QED) is 0.0227. The Morgan fingerprint density at radius 1 is 0.612 bits per heavy atom. The van der Waals surface area contributed by atoms with E-state index in [0.717, 1.165) is 70.6 Å². The molecule has 0 radical (unpaired) electrons. The normalized spacial score (nSPS) is 14.0. The fourth-order valence-corrected chi connectivity index (χ4v) is 5.80.